The lowest BCUT2D eigenvalue weighted by Gasteiger charge is -2.29. The molecule has 2 rings (SSSR count). The number of halogens is 2. The topological polar surface area (TPSA) is 79.4 Å². The van der Waals surface area contributed by atoms with E-state index >= 15 is 0 Å². The van der Waals surface area contributed by atoms with Crippen LogP contribution in [0.15, 0.2) is 42.7 Å². The van der Waals surface area contributed by atoms with Gasteiger partial charge in [0.15, 0.2) is 0 Å². The van der Waals surface area contributed by atoms with Gasteiger partial charge in [-0.3, -0.25) is 14.1 Å². The number of hydrogen-bond donors (Lipinski definition) is 1. The SMILES string of the molecule is C[C@H](C(=O)Nc1cccnc1)N(c1cc(Cl)ccc1Cl)S(C)(=O)=O. The number of amides is 1. The Morgan fingerprint density at radius 2 is 2.00 bits per heavy atom. The lowest BCUT2D eigenvalue weighted by atomic mass is 10.2. The van der Waals surface area contributed by atoms with Gasteiger partial charge >= 0.3 is 0 Å². The minimum Gasteiger partial charge on any atom is -0.323 e. The molecule has 0 bridgehead atoms. The van der Waals surface area contributed by atoms with Crippen LogP contribution in [-0.4, -0.2) is 31.6 Å². The summed E-state index contributed by atoms with van der Waals surface area (Å²) in [6, 6.07) is 6.67. The van der Waals surface area contributed by atoms with Crippen molar-refractivity contribution < 1.29 is 13.2 Å². The van der Waals surface area contributed by atoms with E-state index in [0.717, 1.165) is 10.6 Å². The summed E-state index contributed by atoms with van der Waals surface area (Å²) in [6.45, 7) is 1.46. The van der Waals surface area contributed by atoms with Crippen LogP contribution in [0.3, 0.4) is 0 Å². The van der Waals surface area contributed by atoms with Gasteiger partial charge in [0, 0.05) is 11.2 Å². The molecular formula is C15H15Cl2N3O3S. The van der Waals surface area contributed by atoms with Crippen molar-refractivity contribution in [2.45, 2.75) is 13.0 Å². The minimum atomic E-state index is -3.78. The molecular weight excluding hydrogens is 373 g/mol. The highest BCUT2D eigenvalue weighted by Gasteiger charge is 2.30. The average Bonchev–Trinajstić information content (AvgIpc) is 2.50. The van der Waals surface area contributed by atoms with E-state index in [0.29, 0.717) is 10.7 Å². The second-order valence-corrected chi connectivity index (χ2v) is 7.76. The molecule has 0 saturated heterocycles. The van der Waals surface area contributed by atoms with Crippen molar-refractivity contribution in [1.29, 1.82) is 0 Å². The third-order valence-corrected chi connectivity index (χ3v) is 4.95. The van der Waals surface area contributed by atoms with E-state index in [-0.39, 0.29) is 10.7 Å². The number of anilines is 2. The Morgan fingerprint density at radius 3 is 2.58 bits per heavy atom. The van der Waals surface area contributed by atoms with Gasteiger partial charge in [-0.25, -0.2) is 8.42 Å². The van der Waals surface area contributed by atoms with Crippen LogP contribution in [0.1, 0.15) is 6.92 Å². The second-order valence-electron chi connectivity index (χ2n) is 5.06. The third kappa shape index (κ3) is 4.37. The fourth-order valence-corrected chi connectivity index (χ4v) is 3.72. The Morgan fingerprint density at radius 1 is 1.29 bits per heavy atom. The van der Waals surface area contributed by atoms with Gasteiger partial charge in [0.2, 0.25) is 15.9 Å². The highest BCUT2D eigenvalue weighted by atomic mass is 35.5. The molecule has 24 heavy (non-hydrogen) atoms. The fraction of sp³-hybridized carbons (Fsp3) is 0.200. The van der Waals surface area contributed by atoms with Gasteiger partial charge in [-0.05, 0) is 37.3 Å². The maximum absolute atomic E-state index is 12.4. The number of nitrogens with zero attached hydrogens (tertiary/aromatic N) is 2. The maximum Gasteiger partial charge on any atom is 0.248 e. The highest BCUT2D eigenvalue weighted by molar-refractivity contribution is 7.92. The first kappa shape index (κ1) is 18.5. The number of hydrogen-bond acceptors (Lipinski definition) is 4. The predicted molar refractivity (Wildman–Crippen MR) is 96.1 cm³/mol. The van der Waals surface area contributed by atoms with E-state index in [9.17, 15) is 13.2 Å². The van der Waals surface area contributed by atoms with Gasteiger partial charge in [0.05, 0.1) is 28.9 Å². The Bertz CT molecular complexity index is 844. The molecule has 0 saturated carbocycles. The van der Waals surface area contributed by atoms with Crippen LogP contribution in [0.25, 0.3) is 0 Å². The smallest absolute Gasteiger partial charge is 0.248 e. The molecule has 0 fully saturated rings. The van der Waals surface area contributed by atoms with Gasteiger partial charge < -0.3 is 5.32 Å². The minimum absolute atomic E-state index is 0.139. The molecule has 0 aliphatic carbocycles. The molecule has 1 heterocycles. The first-order valence-corrected chi connectivity index (χ1v) is 9.46. The number of carbonyl (C=O) groups excluding carboxylic acids is 1. The molecule has 1 aromatic heterocycles. The van der Waals surface area contributed by atoms with Crippen molar-refractivity contribution in [1.82, 2.24) is 4.98 Å². The van der Waals surface area contributed by atoms with Crippen molar-refractivity contribution in [3.8, 4) is 0 Å². The van der Waals surface area contributed by atoms with Crippen molar-refractivity contribution in [3.05, 3.63) is 52.8 Å². The summed E-state index contributed by atoms with van der Waals surface area (Å²) in [5.74, 6) is -0.524. The summed E-state index contributed by atoms with van der Waals surface area (Å²) in [7, 11) is -3.78. The molecule has 0 aliphatic rings. The van der Waals surface area contributed by atoms with Crippen molar-refractivity contribution >= 4 is 50.5 Å². The molecule has 1 amide bonds. The van der Waals surface area contributed by atoms with Crippen LogP contribution in [-0.2, 0) is 14.8 Å². The molecule has 6 nitrogen and oxygen atoms in total. The van der Waals surface area contributed by atoms with Crippen molar-refractivity contribution in [3.63, 3.8) is 0 Å². The lowest BCUT2D eigenvalue weighted by molar-refractivity contribution is -0.116. The van der Waals surface area contributed by atoms with E-state index < -0.39 is 22.0 Å². The number of nitrogens with one attached hydrogen (secondary N) is 1. The van der Waals surface area contributed by atoms with E-state index in [1.165, 1.54) is 31.3 Å². The quantitative estimate of drug-likeness (QED) is 0.853. The zero-order valence-corrected chi connectivity index (χ0v) is 15.2. The zero-order chi connectivity index (χ0) is 17.9. The van der Waals surface area contributed by atoms with Crippen LogP contribution in [0, 0.1) is 0 Å². The Labute approximate surface area is 150 Å². The van der Waals surface area contributed by atoms with Gasteiger partial charge in [-0.2, -0.15) is 0 Å². The lowest BCUT2D eigenvalue weighted by Crippen LogP contribution is -2.45. The molecule has 0 aliphatic heterocycles. The molecule has 0 spiro atoms. The van der Waals surface area contributed by atoms with E-state index in [4.69, 9.17) is 23.2 Å². The Hall–Kier alpha value is -1.83. The number of benzene rings is 1. The summed E-state index contributed by atoms with van der Waals surface area (Å²) in [5.41, 5.74) is 0.598. The predicted octanol–water partition coefficient (Wildman–Crippen LogP) is 3.18. The number of aromatic nitrogens is 1. The van der Waals surface area contributed by atoms with Crippen LogP contribution in [0.4, 0.5) is 11.4 Å². The van der Waals surface area contributed by atoms with E-state index in [1.54, 1.807) is 18.3 Å². The molecule has 0 radical (unpaired) electrons. The first-order valence-electron chi connectivity index (χ1n) is 6.85. The van der Waals surface area contributed by atoms with E-state index in [1.807, 2.05) is 0 Å². The summed E-state index contributed by atoms with van der Waals surface area (Å²) in [4.78, 5) is 16.3. The molecule has 2 aromatic rings. The van der Waals surface area contributed by atoms with Gasteiger partial charge in [0.1, 0.15) is 6.04 Å². The molecule has 1 atom stereocenters. The summed E-state index contributed by atoms with van der Waals surface area (Å²) in [5, 5.41) is 3.09. The summed E-state index contributed by atoms with van der Waals surface area (Å²) < 4.78 is 25.4. The fourth-order valence-electron chi connectivity index (χ4n) is 2.12. The van der Waals surface area contributed by atoms with E-state index in [2.05, 4.69) is 10.3 Å². The summed E-state index contributed by atoms with van der Waals surface area (Å²) >= 11 is 12.0. The summed E-state index contributed by atoms with van der Waals surface area (Å²) in [6.07, 6.45) is 4.02. The van der Waals surface area contributed by atoms with Gasteiger partial charge in [-0.1, -0.05) is 23.2 Å². The zero-order valence-electron chi connectivity index (χ0n) is 12.9. The maximum atomic E-state index is 12.4. The van der Waals surface area contributed by atoms with Crippen molar-refractivity contribution in [2.75, 3.05) is 15.9 Å². The monoisotopic (exact) mass is 387 g/mol. The number of sulfonamides is 1. The Balaban J connectivity index is 2.38. The third-order valence-electron chi connectivity index (χ3n) is 3.16. The number of carbonyl (C=O) groups is 1. The molecule has 128 valence electrons. The average molecular weight is 388 g/mol. The van der Waals surface area contributed by atoms with Gasteiger partial charge in [-0.15, -0.1) is 0 Å². The highest BCUT2D eigenvalue weighted by Crippen LogP contribution is 2.32. The molecule has 9 heteroatoms. The van der Waals surface area contributed by atoms with Crippen LogP contribution in [0.2, 0.25) is 10.0 Å². The second kappa shape index (κ2) is 7.38. The van der Waals surface area contributed by atoms with Crippen LogP contribution < -0.4 is 9.62 Å². The van der Waals surface area contributed by atoms with Crippen molar-refractivity contribution in [2.24, 2.45) is 0 Å². The number of pyridine rings is 1. The normalized spacial score (nSPS) is 12.5. The standard InChI is InChI=1S/C15H15Cl2N3O3S/c1-10(15(21)19-12-4-3-7-18-9-12)20(24(2,22)23)14-8-11(16)5-6-13(14)17/h3-10H,1-2H3,(H,19,21)/t10-/m1/s1. The molecule has 0 unspecified atom stereocenters. The van der Waals surface area contributed by atoms with Gasteiger partial charge in [0.25, 0.3) is 0 Å². The Kier molecular flexibility index (Phi) is 5.69. The molecule has 1 aromatic carbocycles. The number of rotatable bonds is 5. The van der Waals surface area contributed by atoms with Crippen LogP contribution in [0.5, 0.6) is 0 Å². The molecule has 1 N–H and O–H groups in total. The largest absolute Gasteiger partial charge is 0.323 e. The first-order chi connectivity index (χ1) is 11.2. The van der Waals surface area contributed by atoms with Crippen LogP contribution >= 0.6 is 23.2 Å².